The maximum absolute atomic E-state index is 12.2. The number of nitrogen functional groups attached to an aromatic ring is 1. The summed E-state index contributed by atoms with van der Waals surface area (Å²) in [5.74, 6) is 3.98. The molecule has 0 fully saturated rings. The van der Waals surface area contributed by atoms with Crippen LogP contribution in [0.3, 0.4) is 0 Å². The molecule has 1 aromatic heterocycles. The number of hydrazine groups is 1. The first-order valence-electron chi connectivity index (χ1n) is 5.27. The van der Waals surface area contributed by atoms with E-state index in [4.69, 9.17) is 5.84 Å². The summed E-state index contributed by atoms with van der Waals surface area (Å²) in [7, 11) is 0. The number of hydrogen-bond donors (Lipinski definition) is 2. The van der Waals surface area contributed by atoms with Crippen LogP contribution in [0.1, 0.15) is 16.2 Å². The Morgan fingerprint density at radius 2 is 1.81 bits per heavy atom. The zero-order valence-corrected chi connectivity index (χ0v) is 10.1. The van der Waals surface area contributed by atoms with E-state index in [2.05, 4.69) is 9.72 Å². The average molecular weight is 317 g/mol. The minimum absolute atomic E-state index is 0.269. The van der Waals surface area contributed by atoms with Gasteiger partial charge in [-0.25, -0.2) is 10.8 Å². The Bertz CT molecular complexity index is 488. The van der Waals surface area contributed by atoms with Crippen LogP contribution < -0.4 is 11.3 Å². The first-order valence-corrected chi connectivity index (χ1v) is 5.27. The van der Waals surface area contributed by atoms with Crippen LogP contribution in [0.2, 0.25) is 0 Å². The van der Waals surface area contributed by atoms with Gasteiger partial charge in [0.1, 0.15) is 5.69 Å². The lowest BCUT2D eigenvalue weighted by atomic mass is 10.3. The fourth-order valence-corrected chi connectivity index (χ4v) is 1.30. The molecule has 1 rings (SSSR count). The topological polar surface area (TPSA) is 77.2 Å². The van der Waals surface area contributed by atoms with Gasteiger partial charge in [0.2, 0.25) is 6.10 Å². The second kappa shape index (κ2) is 6.26. The number of carbonyl (C=O) groups is 1. The minimum atomic E-state index is -5.61. The maximum Gasteiger partial charge on any atom is 0.423 e. The van der Waals surface area contributed by atoms with Crippen LogP contribution in [0, 0.1) is 0 Å². The molecule has 3 N–H and O–H groups in total. The zero-order valence-electron chi connectivity index (χ0n) is 10.1. The summed E-state index contributed by atoms with van der Waals surface area (Å²) in [4.78, 5) is 14.7. The Kier molecular flexibility index (Phi) is 5.12. The molecule has 0 aliphatic carbocycles. The van der Waals surface area contributed by atoms with Gasteiger partial charge in [-0.1, -0.05) is 6.07 Å². The van der Waals surface area contributed by atoms with Crippen molar-refractivity contribution in [2.45, 2.75) is 25.1 Å². The predicted molar refractivity (Wildman–Crippen MR) is 56.6 cm³/mol. The summed E-state index contributed by atoms with van der Waals surface area (Å²) in [5.41, 5.74) is 1.17. The number of pyridine rings is 1. The van der Waals surface area contributed by atoms with Gasteiger partial charge < -0.3 is 4.74 Å². The number of halogens is 6. The lowest BCUT2D eigenvalue weighted by molar-refractivity contribution is -0.324. The van der Waals surface area contributed by atoms with Gasteiger partial charge in [-0.05, 0) is 12.1 Å². The smallest absolute Gasteiger partial charge is 0.354 e. The quantitative estimate of drug-likeness (QED) is 0.383. The molecule has 0 saturated carbocycles. The Labute approximate surface area is 114 Å². The second-order valence-corrected chi connectivity index (χ2v) is 3.76. The van der Waals surface area contributed by atoms with Gasteiger partial charge >= 0.3 is 12.4 Å². The number of carbonyl (C=O) groups excluding carboxylic acids is 1. The number of nitrogens with two attached hydrogens (primary N) is 1. The fourth-order valence-electron chi connectivity index (χ4n) is 1.30. The Morgan fingerprint density at radius 1 is 1.24 bits per heavy atom. The Morgan fingerprint density at radius 3 is 2.29 bits per heavy atom. The summed E-state index contributed by atoms with van der Waals surface area (Å²) in [6, 6.07) is 3.50. The molecule has 0 radical (unpaired) electrons. The first kappa shape index (κ1) is 17.2. The van der Waals surface area contributed by atoms with Crippen molar-refractivity contribution >= 4 is 5.91 Å². The summed E-state index contributed by atoms with van der Waals surface area (Å²) in [6.07, 6.45) is -15.1. The van der Waals surface area contributed by atoms with Crippen molar-refractivity contribution in [3.05, 3.63) is 29.6 Å². The highest BCUT2D eigenvalue weighted by molar-refractivity contribution is 5.91. The predicted octanol–water partition coefficient (Wildman–Crippen LogP) is 1.69. The molecular formula is C10H9F6N3O2. The van der Waals surface area contributed by atoms with Crippen molar-refractivity contribution in [3.8, 4) is 0 Å². The van der Waals surface area contributed by atoms with Crippen molar-refractivity contribution in [1.29, 1.82) is 0 Å². The van der Waals surface area contributed by atoms with Gasteiger partial charge in [0.25, 0.3) is 5.91 Å². The number of amides is 1. The van der Waals surface area contributed by atoms with Crippen LogP contribution in [0.4, 0.5) is 26.3 Å². The van der Waals surface area contributed by atoms with Crippen LogP contribution in [-0.2, 0) is 11.3 Å². The van der Waals surface area contributed by atoms with E-state index < -0.39 is 31.0 Å². The second-order valence-electron chi connectivity index (χ2n) is 3.76. The molecule has 11 heteroatoms. The van der Waals surface area contributed by atoms with E-state index in [1.165, 1.54) is 12.1 Å². The molecule has 1 heterocycles. The van der Waals surface area contributed by atoms with Crippen LogP contribution in [0.25, 0.3) is 0 Å². The highest BCUT2D eigenvalue weighted by Gasteiger charge is 2.57. The summed E-state index contributed by atoms with van der Waals surface area (Å²) >= 11 is 0. The first-order chi connectivity index (χ1) is 9.55. The zero-order chi connectivity index (χ0) is 16.3. The van der Waals surface area contributed by atoms with Gasteiger partial charge in [-0.2, -0.15) is 26.3 Å². The number of alkyl halides is 6. The lowest BCUT2D eigenvalue weighted by Crippen LogP contribution is -2.44. The van der Waals surface area contributed by atoms with Crippen LogP contribution >= 0.6 is 0 Å². The molecule has 0 bridgehead atoms. The number of hydrogen-bond acceptors (Lipinski definition) is 4. The molecule has 0 aromatic carbocycles. The third-order valence-corrected chi connectivity index (χ3v) is 2.16. The lowest BCUT2D eigenvalue weighted by Gasteiger charge is -2.22. The van der Waals surface area contributed by atoms with Gasteiger partial charge in [0.05, 0.1) is 12.3 Å². The number of aromatic nitrogens is 1. The Hall–Kier alpha value is -1.88. The molecule has 0 aliphatic heterocycles. The number of nitrogens with zero attached hydrogens (tertiary/aromatic N) is 1. The third-order valence-electron chi connectivity index (χ3n) is 2.16. The summed E-state index contributed by atoms with van der Waals surface area (Å²) in [6.45, 7) is -1.07. The van der Waals surface area contributed by atoms with E-state index in [0.717, 1.165) is 6.07 Å². The molecule has 5 nitrogen and oxygen atoms in total. The molecule has 0 saturated heterocycles. The van der Waals surface area contributed by atoms with E-state index in [1.807, 2.05) is 0 Å². The van der Waals surface area contributed by atoms with Crippen LogP contribution in [-0.4, -0.2) is 29.3 Å². The minimum Gasteiger partial charge on any atom is -0.354 e. The molecule has 0 aliphatic rings. The van der Waals surface area contributed by atoms with Crippen molar-refractivity contribution in [1.82, 2.24) is 10.4 Å². The monoisotopic (exact) mass is 317 g/mol. The molecule has 21 heavy (non-hydrogen) atoms. The fraction of sp³-hybridized carbons (Fsp3) is 0.400. The maximum atomic E-state index is 12.2. The van der Waals surface area contributed by atoms with Crippen molar-refractivity contribution in [2.75, 3.05) is 0 Å². The highest BCUT2D eigenvalue weighted by atomic mass is 19.4. The largest absolute Gasteiger partial charge is 0.423 e. The van der Waals surface area contributed by atoms with E-state index in [-0.39, 0.29) is 11.4 Å². The number of rotatable bonds is 4. The van der Waals surface area contributed by atoms with Crippen LogP contribution in [0.5, 0.6) is 0 Å². The SMILES string of the molecule is NNC(=O)c1cccc(COC(C(F)(F)F)C(F)(F)F)n1. The van der Waals surface area contributed by atoms with E-state index in [9.17, 15) is 31.1 Å². The molecule has 118 valence electrons. The molecular weight excluding hydrogens is 308 g/mol. The normalized spacial score (nSPS) is 12.6. The highest BCUT2D eigenvalue weighted by Crippen LogP contribution is 2.36. The van der Waals surface area contributed by atoms with Crippen molar-refractivity contribution in [3.63, 3.8) is 0 Å². The van der Waals surface area contributed by atoms with Crippen LogP contribution in [0.15, 0.2) is 18.2 Å². The van der Waals surface area contributed by atoms with E-state index in [1.54, 1.807) is 5.43 Å². The van der Waals surface area contributed by atoms with Crippen molar-refractivity contribution in [2.24, 2.45) is 5.84 Å². The summed E-state index contributed by atoms with van der Waals surface area (Å²) < 4.78 is 77.3. The molecule has 1 aromatic rings. The van der Waals surface area contributed by atoms with E-state index in [0.29, 0.717) is 0 Å². The Balaban J connectivity index is 2.84. The molecule has 1 amide bonds. The third kappa shape index (κ3) is 4.86. The van der Waals surface area contributed by atoms with Gasteiger partial charge in [0.15, 0.2) is 0 Å². The molecule has 0 spiro atoms. The molecule has 0 unspecified atom stereocenters. The van der Waals surface area contributed by atoms with Gasteiger partial charge in [-0.15, -0.1) is 0 Å². The van der Waals surface area contributed by atoms with E-state index >= 15 is 0 Å². The standard InChI is InChI=1S/C10H9F6N3O2/c11-9(12,13)8(10(14,15)16)21-4-5-2-1-3-6(18-5)7(20)19-17/h1-3,8H,4,17H2,(H,19,20). The number of nitrogens with one attached hydrogen (secondary N) is 1. The molecule has 0 atom stereocenters. The van der Waals surface area contributed by atoms with Gasteiger partial charge in [-0.3, -0.25) is 10.2 Å². The average Bonchev–Trinajstić information content (AvgIpc) is 2.35. The van der Waals surface area contributed by atoms with Crippen molar-refractivity contribution < 1.29 is 35.9 Å². The van der Waals surface area contributed by atoms with Gasteiger partial charge in [0, 0.05) is 0 Å². The summed E-state index contributed by atoms with van der Waals surface area (Å²) in [5, 5.41) is 0. The number of ether oxygens (including phenoxy) is 1.